The maximum absolute atomic E-state index is 12.9. The monoisotopic (exact) mass is 1160 g/mol. The van der Waals surface area contributed by atoms with Crippen molar-refractivity contribution < 1.29 is 42.9 Å². The van der Waals surface area contributed by atoms with Crippen molar-refractivity contribution in [3.05, 3.63) is 85.1 Å². The number of carbonyl (C=O) groups is 3. The van der Waals surface area contributed by atoms with E-state index in [0.29, 0.717) is 11.0 Å². The number of esters is 2. The fraction of sp³-hybridized carbons (Fsp3) is 0.770. The molecule has 1 N–H and O–H groups in total. The van der Waals surface area contributed by atoms with E-state index in [1.807, 2.05) is 21.1 Å². The molecule has 0 spiro atoms. The highest BCUT2D eigenvalue weighted by molar-refractivity contribution is 5.71. The molecule has 0 aromatic rings. The zero-order valence-corrected chi connectivity index (χ0v) is 54.8. The lowest BCUT2D eigenvalue weighted by molar-refractivity contribution is -0.870. The molecule has 0 aliphatic carbocycles. The van der Waals surface area contributed by atoms with Crippen LogP contribution < -0.4 is 0 Å². The van der Waals surface area contributed by atoms with Crippen LogP contribution in [0.5, 0.6) is 0 Å². The number of rotatable bonds is 64. The second-order valence-electron chi connectivity index (χ2n) is 24.5. The van der Waals surface area contributed by atoms with Gasteiger partial charge in [0.05, 0.1) is 34.4 Å². The van der Waals surface area contributed by atoms with Crippen molar-refractivity contribution in [1.82, 2.24) is 0 Å². The van der Waals surface area contributed by atoms with Gasteiger partial charge in [-0.3, -0.25) is 9.59 Å². The van der Waals surface area contributed by atoms with Crippen molar-refractivity contribution in [1.29, 1.82) is 0 Å². The third-order valence-electron chi connectivity index (χ3n) is 15.1. The van der Waals surface area contributed by atoms with Crippen molar-refractivity contribution in [3.63, 3.8) is 0 Å². The number of quaternary nitrogens is 1. The predicted molar refractivity (Wildman–Crippen MR) is 355 cm³/mol. The summed E-state index contributed by atoms with van der Waals surface area (Å²) in [5.74, 6) is -2.01. The summed E-state index contributed by atoms with van der Waals surface area (Å²) >= 11 is 0. The van der Waals surface area contributed by atoms with Crippen LogP contribution in [0.1, 0.15) is 309 Å². The summed E-state index contributed by atoms with van der Waals surface area (Å²) in [4.78, 5) is 37.6. The molecule has 0 saturated heterocycles. The first-order valence-electron chi connectivity index (χ1n) is 34.8. The lowest BCUT2D eigenvalue weighted by Crippen LogP contribution is -2.40. The number of unbranched alkanes of at least 4 members (excludes halogenated alkanes) is 35. The highest BCUT2D eigenvalue weighted by atomic mass is 16.7. The fourth-order valence-corrected chi connectivity index (χ4v) is 9.84. The molecule has 0 radical (unpaired) electrons. The summed E-state index contributed by atoms with van der Waals surface area (Å²) in [6.45, 7) is 4.77. The summed E-state index contributed by atoms with van der Waals surface area (Å²) in [6, 6.07) is 0. The highest BCUT2D eigenvalue weighted by Crippen LogP contribution is 2.18. The first-order valence-corrected chi connectivity index (χ1v) is 34.8. The Morgan fingerprint density at radius 3 is 1.02 bits per heavy atom. The number of aliphatic carboxylic acids is 1. The molecule has 0 aliphatic heterocycles. The number of carbonyl (C=O) groups excluding carboxylic acids is 2. The van der Waals surface area contributed by atoms with Gasteiger partial charge in [0.15, 0.2) is 6.10 Å². The van der Waals surface area contributed by atoms with Gasteiger partial charge in [0.1, 0.15) is 13.2 Å². The van der Waals surface area contributed by atoms with Gasteiger partial charge in [-0.25, -0.2) is 4.79 Å². The van der Waals surface area contributed by atoms with E-state index in [1.54, 1.807) is 0 Å². The SMILES string of the molecule is CC/C=C\C/C=C\C/C=C\C/C=C\CCCCCCCCCCCCCCCCCCCCCCCCCCC(=O)OC(COC(=O)CCCCCCCC/C=C\C/C=C\C/C=C\CCCCCCC)COC(OCC[N+](C)(C)C)C(=O)O. The summed E-state index contributed by atoms with van der Waals surface area (Å²) in [7, 11) is 5.98. The molecule has 9 heteroatoms. The molecular formula is C74H132NO8+. The number of ether oxygens (including phenoxy) is 4. The lowest BCUT2D eigenvalue weighted by atomic mass is 10.0. The Hall–Kier alpha value is -3.53. The summed E-state index contributed by atoms with van der Waals surface area (Å²) in [5, 5.41) is 9.74. The van der Waals surface area contributed by atoms with Crippen molar-refractivity contribution in [3.8, 4) is 0 Å². The van der Waals surface area contributed by atoms with Crippen molar-refractivity contribution in [2.75, 3.05) is 47.5 Å². The van der Waals surface area contributed by atoms with Gasteiger partial charge >= 0.3 is 17.9 Å². The number of likely N-dealkylation sites (N-methyl/N-ethyl adjacent to an activating group) is 1. The minimum Gasteiger partial charge on any atom is -0.477 e. The summed E-state index contributed by atoms with van der Waals surface area (Å²) < 4.78 is 23.0. The molecule has 2 atom stereocenters. The van der Waals surface area contributed by atoms with Crippen LogP contribution in [-0.2, 0) is 33.3 Å². The number of nitrogens with zero attached hydrogens (tertiary/aromatic N) is 1. The molecule has 0 aromatic heterocycles. The van der Waals surface area contributed by atoms with E-state index >= 15 is 0 Å². The lowest BCUT2D eigenvalue weighted by Gasteiger charge is -2.25. The quantitative estimate of drug-likeness (QED) is 0.0211. The molecule has 0 heterocycles. The van der Waals surface area contributed by atoms with Crippen LogP contribution in [0.2, 0.25) is 0 Å². The Balaban J connectivity index is 4.05. The molecule has 0 aliphatic rings. The summed E-state index contributed by atoms with van der Waals surface area (Å²) in [5.41, 5.74) is 0. The standard InChI is InChI=1S/C74H131NO8/c1-6-8-10-12-14-16-18-20-22-24-26-28-29-30-31-32-33-34-35-36-37-38-39-40-41-42-43-45-47-49-51-53-55-57-59-61-63-65-72(77)83-70(69-82-74(73(78)79)80-67-66-75(3,4)5)68-81-71(76)64-62-60-58-56-54-52-50-48-46-44-27-25-23-21-19-17-15-13-11-9-7-2/h8,10,14,16,19-22,25-28,46,48,70,74H,6-7,9,11-13,15,17-18,23-24,29-45,47,49-69H2,1-5H3/p+1/b10-8-,16-14-,21-19-,22-20-,27-25-,28-26-,48-46-. The topological polar surface area (TPSA) is 108 Å². The van der Waals surface area contributed by atoms with E-state index in [0.717, 1.165) is 89.9 Å². The molecule has 0 bridgehead atoms. The molecule has 0 fully saturated rings. The normalized spacial score (nSPS) is 13.2. The Morgan fingerprint density at radius 1 is 0.373 bits per heavy atom. The first-order chi connectivity index (χ1) is 40.6. The van der Waals surface area contributed by atoms with Gasteiger partial charge in [0.25, 0.3) is 6.29 Å². The van der Waals surface area contributed by atoms with E-state index < -0.39 is 24.3 Å². The van der Waals surface area contributed by atoms with Crippen LogP contribution in [0.4, 0.5) is 0 Å². The zero-order valence-electron chi connectivity index (χ0n) is 54.8. The van der Waals surface area contributed by atoms with Crippen LogP contribution in [0.15, 0.2) is 85.1 Å². The Bertz CT molecular complexity index is 1640. The molecule has 83 heavy (non-hydrogen) atoms. The highest BCUT2D eigenvalue weighted by Gasteiger charge is 2.25. The van der Waals surface area contributed by atoms with Gasteiger partial charge < -0.3 is 28.5 Å². The number of hydrogen-bond acceptors (Lipinski definition) is 7. The third kappa shape index (κ3) is 65.9. The summed E-state index contributed by atoms with van der Waals surface area (Å²) in [6.07, 6.45) is 84.2. The molecule has 0 saturated carbocycles. The van der Waals surface area contributed by atoms with E-state index in [2.05, 4.69) is 98.9 Å². The fourth-order valence-electron chi connectivity index (χ4n) is 9.84. The molecular weight excluding hydrogens is 1030 g/mol. The van der Waals surface area contributed by atoms with Crippen LogP contribution in [-0.4, -0.2) is 87.4 Å². The van der Waals surface area contributed by atoms with Gasteiger partial charge in [-0.2, -0.15) is 0 Å². The van der Waals surface area contributed by atoms with E-state index in [4.69, 9.17) is 18.9 Å². The molecule has 0 aromatic carbocycles. The molecule has 0 amide bonds. The van der Waals surface area contributed by atoms with Crippen LogP contribution in [0.25, 0.3) is 0 Å². The van der Waals surface area contributed by atoms with Gasteiger partial charge in [-0.1, -0.05) is 292 Å². The van der Waals surface area contributed by atoms with Gasteiger partial charge in [-0.15, -0.1) is 0 Å². The van der Waals surface area contributed by atoms with Crippen molar-refractivity contribution >= 4 is 17.9 Å². The van der Waals surface area contributed by atoms with Crippen molar-refractivity contribution in [2.24, 2.45) is 0 Å². The number of hydrogen-bond donors (Lipinski definition) is 1. The average Bonchev–Trinajstić information content (AvgIpc) is 3.46. The number of carboxylic acids is 1. The maximum atomic E-state index is 12.9. The molecule has 9 nitrogen and oxygen atoms in total. The Labute approximate surface area is 512 Å². The minimum absolute atomic E-state index is 0.184. The number of carboxylic acid groups (broad SMARTS) is 1. The average molecular weight is 1160 g/mol. The van der Waals surface area contributed by atoms with Crippen LogP contribution in [0.3, 0.4) is 0 Å². The second-order valence-corrected chi connectivity index (χ2v) is 24.5. The second kappa shape index (κ2) is 64.5. The smallest absolute Gasteiger partial charge is 0.361 e. The van der Waals surface area contributed by atoms with Gasteiger partial charge in [-0.05, 0) is 89.9 Å². The minimum atomic E-state index is -1.52. The molecule has 480 valence electrons. The predicted octanol–water partition coefficient (Wildman–Crippen LogP) is 21.5. The largest absolute Gasteiger partial charge is 0.477 e. The van der Waals surface area contributed by atoms with E-state index in [-0.39, 0.29) is 38.6 Å². The van der Waals surface area contributed by atoms with Crippen molar-refractivity contribution in [2.45, 2.75) is 322 Å². The molecule has 2 unspecified atom stereocenters. The maximum Gasteiger partial charge on any atom is 0.361 e. The van der Waals surface area contributed by atoms with Crippen LogP contribution in [0, 0.1) is 0 Å². The van der Waals surface area contributed by atoms with E-state index in [1.165, 1.54) is 193 Å². The Kier molecular flexibility index (Phi) is 61.7. The van der Waals surface area contributed by atoms with E-state index in [9.17, 15) is 19.5 Å². The molecule has 0 rings (SSSR count). The third-order valence-corrected chi connectivity index (χ3v) is 15.1. The van der Waals surface area contributed by atoms with Gasteiger partial charge in [0.2, 0.25) is 0 Å². The Morgan fingerprint density at radius 2 is 0.687 bits per heavy atom. The van der Waals surface area contributed by atoms with Crippen LogP contribution >= 0.6 is 0 Å². The van der Waals surface area contributed by atoms with Gasteiger partial charge in [0, 0.05) is 12.8 Å². The first kappa shape index (κ1) is 79.5. The zero-order chi connectivity index (χ0) is 60.5. The number of allylic oxidation sites excluding steroid dienone is 14.